The Balaban J connectivity index is 1.12. The molecule has 0 fully saturated rings. The van der Waals surface area contributed by atoms with Crippen molar-refractivity contribution in [3.8, 4) is 28.3 Å². The number of fused-ring (bicyclic) bond motifs is 14. The maximum atomic E-state index is 6.80. The van der Waals surface area contributed by atoms with Gasteiger partial charge in [0, 0.05) is 59.1 Å². The first-order valence-electron chi connectivity index (χ1n) is 21.6. The van der Waals surface area contributed by atoms with Gasteiger partial charge < -0.3 is 14.2 Å². The van der Waals surface area contributed by atoms with Gasteiger partial charge in [0.2, 0.25) is 0 Å². The molecule has 1 spiro atoms. The highest BCUT2D eigenvalue weighted by Gasteiger charge is 2.49. The van der Waals surface area contributed by atoms with Crippen LogP contribution in [0.4, 0.5) is 17.1 Å². The van der Waals surface area contributed by atoms with Gasteiger partial charge in [-0.3, -0.25) is 0 Å². The third kappa shape index (κ3) is 4.73. The Bertz CT molecular complexity index is 3810. The standard InChI is InChI=1S/C59H36N2OS/c1-2-17-38(18-3-1)61-50-25-8-4-19-42(50)43-34-32-40(36-52(43)61)60(51-26-14-30-56-58(51)45-20-5-11-29-55(45)63-56)39-31-33-41-44-21-12-15-37-16-13-24-48(57(37)44)59(49(41)35-39)46-22-6-9-27-53(46)62-54-28-10-7-23-47(54)59/h1-36H. The van der Waals surface area contributed by atoms with E-state index in [4.69, 9.17) is 4.74 Å². The average Bonchev–Trinajstić information content (AvgIpc) is 3.89. The summed E-state index contributed by atoms with van der Waals surface area (Å²) in [5.74, 6) is 1.77. The van der Waals surface area contributed by atoms with E-state index in [9.17, 15) is 0 Å². The van der Waals surface area contributed by atoms with Gasteiger partial charge in [0.15, 0.2) is 0 Å². The lowest BCUT2D eigenvalue weighted by atomic mass is 9.58. The van der Waals surface area contributed by atoms with E-state index in [1.54, 1.807) is 0 Å². The van der Waals surface area contributed by atoms with Crippen LogP contribution < -0.4 is 9.64 Å². The summed E-state index contributed by atoms with van der Waals surface area (Å²) in [6.45, 7) is 0. The van der Waals surface area contributed by atoms with Crippen LogP contribution in [0.3, 0.4) is 0 Å². The Morgan fingerprint density at radius 2 is 1.05 bits per heavy atom. The SMILES string of the molecule is c1ccc(-n2c3ccccc3c3ccc(N(c4ccc5c(c4)C4(c6ccccc6Oc6ccccc64)c4cccc6cccc-5c46)c4cccc5sc6ccccc6c45)cc32)cc1. The van der Waals surface area contributed by atoms with Crippen LogP contribution in [0.15, 0.2) is 218 Å². The van der Waals surface area contributed by atoms with Crippen LogP contribution in [-0.2, 0) is 5.41 Å². The van der Waals surface area contributed by atoms with E-state index < -0.39 is 5.41 Å². The molecule has 0 saturated heterocycles. The minimum atomic E-state index is -0.666. The fraction of sp³-hybridized carbons (Fsp3) is 0.0169. The highest BCUT2D eigenvalue weighted by atomic mass is 32.1. The summed E-state index contributed by atoms with van der Waals surface area (Å²) in [4.78, 5) is 2.51. The minimum Gasteiger partial charge on any atom is -0.457 e. The second-order valence-corrected chi connectivity index (χ2v) is 17.8. The van der Waals surface area contributed by atoms with Crippen molar-refractivity contribution in [1.82, 2.24) is 4.57 Å². The Morgan fingerprint density at radius 3 is 1.89 bits per heavy atom. The monoisotopic (exact) mass is 820 g/mol. The molecular weight excluding hydrogens is 785 g/mol. The molecule has 0 amide bonds. The molecule has 0 unspecified atom stereocenters. The van der Waals surface area contributed by atoms with E-state index in [1.165, 1.54) is 69.5 Å². The van der Waals surface area contributed by atoms with Gasteiger partial charge in [0.25, 0.3) is 0 Å². The number of anilines is 3. The molecule has 0 saturated carbocycles. The maximum absolute atomic E-state index is 6.80. The van der Waals surface area contributed by atoms with Crippen molar-refractivity contribution in [2.45, 2.75) is 5.41 Å². The molecule has 63 heavy (non-hydrogen) atoms. The van der Waals surface area contributed by atoms with Crippen molar-refractivity contribution in [2.75, 3.05) is 4.90 Å². The molecule has 10 aromatic carbocycles. The van der Waals surface area contributed by atoms with Crippen molar-refractivity contribution in [1.29, 1.82) is 0 Å². The van der Waals surface area contributed by atoms with E-state index in [0.717, 1.165) is 50.9 Å². The second-order valence-electron chi connectivity index (χ2n) is 16.8. The third-order valence-electron chi connectivity index (χ3n) is 13.6. The van der Waals surface area contributed by atoms with Crippen LogP contribution in [0.5, 0.6) is 11.5 Å². The molecule has 0 bridgehead atoms. The predicted molar refractivity (Wildman–Crippen MR) is 263 cm³/mol. The Kier molecular flexibility index (Phi) is 7.20. The number of thiophene rings is 1. The fourth-order valence-corrected chi connectivity index (χ4v) is 12.3. The van der Waals surface area contributed by atoms with Gasteiger partial charge >= 0.3 is 0 Å². The summed E-state index contributed by atoms with van der Waals surface area (Å²) in [6.07, 6.45) is 0. The van der Waals surface area contributed by atoms with Crippen molar-refractivity contribution >= 4 is 81.1 Å². The zero-order chi connectivity index (χ0) is 41.2. The highest BCUT2D eigenvalue weighted by molar-refractivity contribution is 7.26. The van der Waals surface area contributed by atoms with Gasteiger partial charge in [0.05, 0.1) is 22.1 Å². The van der Waals surface area contributed by atoms with Gasteiger partial charge in [-0.05, 0) is 106 Å². The number of benzene rings is 10. The average molecular weight is 821 g/mol. The zero-order valence-corrected chi connectivity index (χ0v) is 34.8. The van der Waals surface area contributed by atoms with Crippen LogP contribution in [0, 0.1) is 0 Å². The minimum absolute atomic E-state index is 0.666. The van der Waals surface area contributed by atoms with Crippen molar-refractivity contribution < 1.29 is 4.74 Å². The van der Waals surface area contributed by atoms with Crippen molar-refractivity contribution in [2.24, 2.45) is 0 Å². The lowest BCUT2D eigenvalue weighted by Gasteiger charge is -2.45. The number of para-hydroxylation sites is 4. The highest BCUT2D eigenvalue weighted by Crippen LogP contribution is 2.62. The molecule has 1 aliphatic heterocycles. The molecule has 14 rings (SSSR count). The van der Waals surface area contributed by atoms with E-state index in [0.29, 0.717) is 0 Å². The van der Waals surface area contributed by atoms with Gasteiger partial charge in [0.1, 0.15) is 11.5 Å². The van der Waals surface area contributed by atoms with Gasteiger partial charge in [-0.2, -0.15) is 0 Å². The summed E-state index contributed by atoms with van der Waals surface area (Å²) in [5.41, 5.74) is 13.4. The Hall–Kier alpha value is -7.92. The first-order valence-corrected chi connectivity index (χ1v) is 22.4. The van der Waals surface area contributed by atoms with Gasteiger partial charge in [-0.25, -0.2) is 0 Å². The number of hydrogen-bond donors (Lipinski definition) is 0. The van der Waals surface area contributed by atoms with E-state index >= 15 is 0 Å². The first-order chi connectivity index (χ1) is 31.3. The summed E-state index contributed by atoms with van der Waals surface area (Å²) in [7, 11) is 0. The van der Waals surface area contributed by atoms with Crippen LogP contribution in [-0.4, -0.2) is 4.57 Å². The van der Waals surface area contributed by atoms with Crippen molar-refractivity contribution in [3.63, 3.8) is 0 Å². The van der Waals surface area contributed by atoms with E-state index in [1.807, 2.05) is 11.3 Å². The fourth-order valence-electron chi connectivity index (χ4n) is 11.1. The normalized spacial score (nSPS) is 13.3. The molecule has 294 valence electrons. The van der Waals surface area contributed by atoms with Gasteiger partial charge in [-0.15, -0.1) is 11.3 Å². The molecule has 1 aliphatic carbocycles. The van der Waals surface area contributed by atoms with Crippen LogP contribution in [0.25, 0.3) is 69.6 Å². The molecule has 2 aromatic heterocycles. The summed E-state index contributed by atoms with van der Waals surface area (Å²) >= 11 is 1.86. The molecule has 0 radical (unpaired) electrons. The number of hydrogen-bond acceptors (Lipinski definition) is 3. The quantitative estimate of drug-likeness (QED) is 0.176. The third-order valence-corrected chi connectivity index (χ3v) is 14.8. The smallest absolute Gasteiger partial charge is 0.132 e. The Labute approximate surface area is 367 Å². The largest absolute Gasteiger partial charge is 0.457 e. The van der Waals surface area contributed by atoms with E-state index in [-0.39, 0.29) is 0 Å². The zero-order valence-electron chi connectivity index (χ0n) is 34.0. The summed E-state index contributed by atoms with van der Waals surface area (Å²) < 4.78 is 11.8. The first kappa shape index (κ1) is 34.8. The van der Waals surface area contributed by atoms with Crippen LogP contribution >= 0.6 is 11.3 Å². The lowest BCUT2D eigenvalue weighted by molar-refractivity contribution is 0.435. The molecule has 12 aromatic rings. The molecule has 2 aliphatic rings. The molecular formula is C59H36N2OS. The topological polar surface area (TPSA) is 17.4 Å². The molecule has 4 heteroatoms. The lowest BCUT2D eigenvalue weighted by Crippen LogP contribution is -2.36. The predicted octanol–water partition coefficient (Wildman–Crippen LogP) is 16.2. The number of aromatic nitrogens is 1. The Morgan fingerprint density at radius 1 is 0.413 bits per heavy atom. The summed E-state index contributed by atoms with van der Waals surface area (Å²) in [5, 5.41) is 7.51. The number of rotatable bonds is 4. The molecule has 3 heterocycles. The van der Waals surface area contributed by atoms with Crippen LogP contribution in [0.2, 0.25) is 0 Å². The van der Waals surface area contributed by atoms with Gasteiger partial charge in [-0.1, -0.05) is 146 Å². The van der Waals surface area contributed by atoms with E-state index in [2.05, 4.69) is 228 Å². The number of nitrogens with zero attached hydrogens (tertiary/aromatic N) is 2. The van der Waals surface area contributed by atoms with Crippen molar-refractivity contribution in [3.05, 3.63) is 241 Å². The maximum Gasteiger partial charge on any atom is 0.132 e. The molecule has 0 atom stereocenters. The molecule has 3 nitrogen and oxygen atoms in total. The second kappa shape index (κ2) is 13.0. The molecule has 0 N–H and O–H groups in total. The van der Waals surface area contributed by atoms with Crippen LogP contribution in [0.1, 0.15) is 22.3 Å². The summed E-state index contributed by atoms with van der Waals surface area (Å²) in [6, 6.07) is 80.4. The number of ether oxygens (including phenoxy) is 1.